The Morgan fingerprint density at radius 3 is 2.67 bits per heavy atom. The molecule has 1 aliphatic carbocycles. The molecule has 170 valence electrons. The number of benzene rings is 2. The van der Waals surface area contributed by atoms with Gasteiger partial charge in [-0.2, -0.15) is 0 Å². The van der Waals surface area contributed by atoms with E-state index >= 15 is 0 Å². The van der Waals surface area contributed by atoms with Gasteiger partial charge in [0.1, 0.15) is 10.9 Å². The summed E-state index contributed by atoms with van der Waals surface area (Å²) in [5, 5.41) is 11.5. The van der Waals surface area contributed by atoms with Gasteiger partial charge in [-0.3, -0.25) is 9.36 Å². The number of ether oxygens (including phenoxy) is 1. The Balaban J connectivity index is 1.35. The van der Waals surface area contributed by atoms with Crippen LogP contribution >= 0.6 is 11.3 Å². The molecule has 4 aromatic rings. The second-order valence-corrected chi connectivity index (χ2v) is 9.81. The second kappa shape index (κ2) is 9.59. The standard InChI is InChI=1S/C27H28N2O3S/c1-18-9-5-6-12-21(18)25(19-10-3-2-4-11-19)32-16-20(30)15-29-17-28-26-24(27(29)31)22-13-7-8-14-23(22)33-26/h2-6,9-12,17,20,25,30H,7-8,13-16H2,1H3/t20-,25-/m1/s1. The van der Waals surface area contributed by atoms with Gasteiger partial charge >= 0.3 is 0 Å². The highest BCUT2D eigenvalue weighted by molar-refractivity contribution is 7.18. The highest BCUT2D eigenvalue weighted by Crippen LogP contribution is 2.33. The molecule has 0 bridgehead atoms. The number of fused-ring (bicyclic) bond motifs is 3. The van der Waals surface area contributed by atoms with Gasteiger partial charge in [0.25, 0.3) is 5.56 Å². The van der Waals surface area contributed by atoms with Gasteiger partial charge in [0.15, 0.2) is 0 Å². The summed E-state index contributed by atoms with van der Waals surface area (Å²) in [6.07, 6.45) is 4.71. The molecule has 0 unspecified atom stereocenters. The van der Waals surface area contributed by atoms with Gasteiger partial charge in [0.2, 0.25) is 0 Å². The molecule has 0 saturated carbocycles. The zero-order valence-corrected chi connectivity index (χ0v) is 19.6. The summed E-state index contributed by atoms with van der Waals surface area (Å²) < 4.78 is 7.78. The van der Waals surface area contributed by atoms with Crippen LogP contribution in [0.4, 0.5) is 0 Å². The first-order chi connectivity index (χ1) is 16.1. The Kier molecular flexibility index (Phi) is 6.40. The Hall–Kier alpha value is -2.80. The number of rotatable bonds is 7. The molecule has 0 spiro atoms. The summed E-state index contributed by atoms with van der Waals surface area (Å²) in [6, 6.07) is 18.1. The largest absolute Gasteiger partial charge is 0.389 e. The highest BCUT2D eigenvalue weighted by atomic mass is 32.1. The Bertz CT molecular complexity index is 1310. The molecule has 5 rings (SSSR count). The van der Waals surface area contributed by atoms with Crippen LogP contribution in [0.3, 0.4) is 0 Å². The zero-order chi connectivity index (χ0) is 22.8. The highest BCUT2D eigenvalue weighted by Gasteiger charge is 2.22. The average molecular weight is 461 g/mol. The summed E-state index contributed by atoms with van der Waals surface area (Å²) in [5.74, 6) is 0. The summed E-state index contributed by atoms with van der Waals surface area (Å²) in [5.41, 5.74) is 4.35. The molecule has 33 heavy (non-hydrogen) atoms. The third-order valence-electron chi connectivity index (χ3n) is 6.38. The van der Waals surface area contributed by atoms with E-state index in [4.69, 9.17) is 4.74 Å². The number of aromatic nitrogens is 2. The van der Waals surface area contributed by atoms with Crippen LogP contribution in [0.2, 0.25) is 0 Å². The normalized spacial score (nSPS) is 15.3. The van der Waals surface area contributed by atoms with Gasteiger partial charge in [-0.25, -0.2) is 4.98 Å². The lowest BCUT2D eigenvalue weighted by molar-refractivity contribution is -0.00118. The van der Waals surface area contributed by atoms with Crippen LogP contribution in [0.25, 0.3) is 10.2 Å². The molecule has 0 aliphatic heterocycles. The molecule has 1 N–H and O–H groups in total. The molecule has 0 amide bonds. The van der Waals surface area contributed by atoms with Crippen molar-refractivity contribution in [3.8, 4) is 0 Å². The fraction of sp³-hybridized carbons (Fsp3) is 0.333. The van der Waals surface area contributed by atoms with E-state index in [0.29, 0.717) is 0 Å². The van der Waals surface area contributed by atoms with E-state index in [2.05, 4.69) is 24.0 Å². The van der Waals surface area contributed by atoms with Crippen LogP contribution in [0.15, 0.2) is 65.7 Å². The van der Waals surface area contributed by atoms with Crippen LogP contribution in [0.1, 0.15) is 46.1 Å². The fourth-order valence-corrected chi connectivity index (χ4v) is 5.89. The van der Waals surface area contributed by atoms with Crippen molar-refractivity contribution in [3.05, 3.63) is 98.4 Å². The molecule has 5 nitrogen and oxygen atoms in total. The van der Waals surface area contributed by atoms with Crippen molar-refractivity contribution in [2.24, 2.45) is 0 Å². The Morgan fingerprint density at radius 1 is 1.09 bits per heavy atom. The minimum absolute atomic E-state index is 0.0584. The molecule has 1 aliphatic rings. The summed E-state index contributed by atoms with van der Waals surface area (Å²) in [7, 11) is 0. The smallest absolute Gasteiger partial charge is 0.262 e. The lowest BCUT2D eigenvalue weighted by atomic mass is 9.97. The van der Waals surface area contributed by atoms with E-state index in [1.54, 1.807) is 17.7 Å². The molecule has 0 radical (unpaired) electrons. The van der Waals surface area contributed by atoms with Crippen molar-refractivity contribution in [2.75, 3.05) is 6.61 Å². The molecule has 2 aromatic carbocycles. The molecule has 0 fully saturated rings. The monoisotopic (exact) mass is 460 g/mol. The molecule has 2 aromatic heterocycles. The van der Waals surface area contributed by atoms with Gasteiger partial charge in [0, 0.05) is 4.88 Å². The van der Waals surface area contributed by atoms with Crippen LogP contribution in [0.5, 0.6) is 0 Å². The van der Waals surface area contributed by atoms with E-state index in [0.717, 1.165) is 46.2 Å². The third-order valence-corrected chi connectivity index (χ3v) is 7.58. The van der Waals surface area contributed by atoms with Crippen molar-refractivity contribution >= 4 is 21.6 Å². The minimum Gasteiger partial charge on any atom is -0.389 e. The third kappa shape index (κ3) is 4.51. The first-order valence-electron chi connectivity index (χ1n) is 11.5. The van der Waals surface area contributed by atoms with Crippen LogP contribution in [0, 0.1) is 6.92 Å². The van der Waals surface area contributed by atoms with E-state index in [1.807, 2.05) is 42.5 Å². The SMILES string of the molecule is Cc1ccccc1[C@H](OC[C@H](O)Cn1cnc2sc3c(c2c1=O)CCCC3)c1ccccc1. The van der Waals surface area contributed by atoms with E-state index in [-0.39, 0.29) is 24.8 Å². The number of thiophene rings is 1. The quantitative estimate of drug-likeness (QED) is 0.430. The number of hydrogen-bond donors (Lipinski definition) is 1. The number of aryl methyl sites for hydroxylation is 3. The number of nitrogens with zero attached hydrogens (tertiary/aromatic N) is 2. The zero-order valence-electron chi connectivity index (χ0n) is 18.7. The average Bonchev–Trinajstić information content (AvgIpc) is 3.22. The minimum atomic E-state index is -0.827. The summed E-state index contributed by atoms with van der Waals surface area (Å²) in [4.78, 5) is 19.8. The Labute approximate surface area is 197 Å². The van der Waals surface area contributed by atoms with Crippen molar-refractivity contribution in [1.82, 2.24) is 9.55 Å². The molecule has 2 heterocycles. The first-order valence-corrected chi connectivity index (χ1v) is 12.3. The van der Waals surface area contributed by atoms with E-state index < -0.39 is 6.10 Å². The molecular formula is C27H28N2O3S. The van der Waals surface area contributed by atoms with Gasteiger partial charge < -0.3 is 9.84 Å². The Morgan fingerprint density at radius 2 is 1.85 bits per heavy atom. The van der Waals surface area contributed by atoms with E-state index in [1.165, 1.54) is 21.4 Å². The van der Waals surface area contributed by atoms with Crippen molar-refractivity contribution < 1.29 is 9.84 Å². The van der Waals surface area contributed by atoms with Gasteiger partial charge in [0.05, 0.1) is 31.0 Å². The predicted octanol–water partition coefficient (Wildman–Crippen LogP) is 4.81. The van der Waals surface area contributed by atoms with Gasteiger partial charge in [-0.15, -0.1) is 11.3 Å². The van der Waals surface area contributed by atoms with E-state index in [9.17, 15) is 9.90 Å². The molecule has 0 saturated heterocycles. The number of aliphatic hydroxyl groups is 1. The lowest BCUT2D eigenvalue weighted by Gasteiger charge is -2.23. The second-order valence-electron chi connectivity index (χ2n) is 8.73. The molecular weight excluding hydrogens is 432 g/mol. The fourth-order valence-electron chi connectivity index (χ4n) is 4.67. The predicted molar refractivity (Wildman–Crippen MR) is 132 cm³/mol. The number of aliphatic hydroxyl groups excluding tert-OH is 1. The van der Waals surface area contributed by atoms with Crippen LogP contribution < -0.4 is 5.56 Å². The first kappa shape index (κ1) is 22.0. The van der Waals surface area contributed by atoms with Crippen LogP contribution in [-0.2, 0) is 24.1 Å². The van der Waals surface area contributed by atoms with Gasteiger partial charge in [-0.05, 0) is 54.9 Å². The maximum atomic E-state index is 13.2. The van der Waals surface area contributed by atoms with Crippen LogP contribution in [-0.4, -0.2) is 27.4 Å². The van der Waals surface area contributed by atoms with Crippen molar-refractivity contribution in [3.63, 3.8) is 0 Å². The van der Waals surface area contributed by atoms with Crippen molar-refractivity contribution in [1.29, 1.82) is 0 Å². The topological polar surface area (TPSA) is 64.3 Å². The number of hydrogen-bond acceptors (Lipinski definition) is 5. The maximum absolute atomic E-state index is 13.2. The summed E-state index contributed by atoms with van der Waals surface area (Å²) >= 11 is 1.64. The molecule has 6 heteroatoms. The summed E-state index contributed by atoms with van der Waals surface area (Å²) in [6.45, 7) is 2.33. The maximum Gasteiger partial charge on any atom is 0.262 e. The van der Waals surface area contributed by atoms with Gasteiger partial charge in [-0.1, -0.05) is 54.6 Å². The lowest BCUT2D eigenvalue weighted by Crippen LogP contribution is -2.30. The molecule has 2 atom stereocenters. The van der Waals surface area contributed by atoms with Crippen molar-refractivity contribution in [2.45, 2.75) is 51.4 Å².